The number of nitrogens with zero attached hydrogens (tertiary/aromatic N) is 3. The molecular formula is C18H29N5O4S. The molecule has 156 valence electrons. The van der Waals surface area contributed by atoms with E-state index in [0.29, 0.717) is 31.7 Å². The molecule has 0 bridgehead atoms. The van der Waals surface area contributed by atoms with Crippen LogP contribution in [-0.4, -0.2) is 57.8 Å². The molecule has 0 unspecified atom stereocenters. The van der Waals surface area contributed by atoms with Gasteiger partial charge < -0.3 is 10.1 Å². The van der Waals surface area contributed by atoms with Gasteiger partial charge in [0.15, 0.2) is 0 Å². The molecule has 4 amide bonds. The van der Waals surface area contributed by atoms with E-state index in [0.717, 1.165) is 0 Å². The fraction of sp³-hybridized carbons (Fsp3) is 0.667. The second-order valence-electron chi connectivity index (χ2n) is 7.75. The van der Waals surface area contributed by atoms with Crippen LogP contribution in [0, 0.1) is 5.92 Å². The number of amides is 4. The average molecular weight is 412 g/mol. The molecule has 0 aromatic carbocycles. The number of carbonyl (C=O) groups excluding carboxylic acids is 3. The van der Waals surface area contributed by atoms with Crippen LogP contribution in [0.2, 0.25) is 0 Å². The summed E-state index contributed by atoms with van der Waals surface area (Å²) < 4.78 is 5.30. The highest BCUT2D eigenvalue weighted by atomic mass is 32.1. The van der Waals surface area contributed by atoms with E-state index in [4.69, 9.17) is 4.74 Å². The first-order valence-corrected chi connectivity index (χ1v) is 10.3. The quantitative estimate of drug-likeness (QED) is 0.775. The van der Waals surface area contributed by atoms with Gasteiger partial charge >= 0.3 is 12.1 Å². The summed E-state index contributed by atoms with van der Waals surface area (Å²) >= 11 is 1.37. The normalized spacial score (nSPS) is 16.5. The third-order valence-corrected chi connectivity index (χ3v) is 4.93. The number of ether oxygens (including phenoxy) is 1. The largest absolute Gasteiger partial charge is 0.444 e. The Balaban J connectivity index is 2.10. The number of anilines is 1. The van der Waals surface area contributed by atoms with Crippen molar-refractivity contribution in [1.82, 2.24) is 20.3 Å². The third kappa shape index (κ3) is 5.82. The second kappa shape index (κ2) is 9.22. The van der Waals surface area contributed by atoms with Gasteiger partial charge in [-0.2, -0.15) is 0 Å². The van der Waals surface area contributed by atoms with Crippen LogP contribution in [0.1, 0.15) is 47.5 Å². The molecule has 2 N–H and O–H groups in total. The Kier molecular flexibility index (Phi) is 7.22. The Morgan fingerprint density at radius 1 is 1.29 bits per heavy atom. The fourth-order valence-electron chi connectivity index (χ4n) is 2.78. The van der Waals surface area contributed by atoms with Crippen LogP contribution >= 0.6 is 11.3 Å². The van der Waals surface area contributed by atoms with Gasteiger partial charge in [-0.15, -0.1) is 11.3 Å². The lowest BCUT2D eigenvalue weighted by Crippen LogP contribution is -2.56. The summed E-state index contributed by atoms with van der Waals surface area (Å²) in [7, 11) is 0. The first kappa shape index (κ1) is 21.9. The zero-order chi connectivity index (χ0) is 20.9. The molecule has 0 radical (unpaired) electrons. The predicted molar refractivity (Wildman–Crippen MR) is 107 cm³/mol. The predicted octanol–water partition coefficient (Wildman–Crippen LogP) is 3.06. The number of aromatic nitrogens is 1. The number of nitrogens with one attached hydrogen (secondary N) is 2. The molecule has 1 fully saturated rings. The molecular weight excluding hydrogens is 382 g/mol. The van der Waals surface area contributed by atoms with Crippen LogP contribution in [0.5, 0.6) is 0 Å². The average Bonchev–Trinajstić information content (AvgIpc) is 3.28. The standard InChI is InChI=1S/C18H29N5O4S/c1-6-12(2)14(21-17(26)27-18(3,4)5)15(24)22-8-7-9-23(22)16(25)20-13-10-28-11-19-13/h10-12,14H,6-9H2,1-5H3,(H,20,25)(H,21,26)/t12-,14-/m0/s1. The number of carbonyl (C=O) groups is 3. The molecule has 2 heterocycles. The lowest BCUT2D eigenvalue weighted by molar-refractivity contribution is -0.143. The zero-order valence-electron chi connectivity index (χ0n) is 17.0. The van der Waals surface area contributed by atoms with Crippen molar-refractivity contribution in [2.24, 2.45) is 5.92 Å². The highest BCUT2D eigenvalue weighted by Crippen LogP contribution is 2.19. The maximum absolute atomic E-state index is 13.2. The third-order valence-electron chi connectivity index (χ3n) is 4.34. The molecule has 0 saturated carbocycles. The minimum absolute atomic E-state index is 0.121. The smallest absolute Gasteiger partial charge is 0.408 e. The van der Waals surface area contributed by atoms with Gasteiger partial charge in [0.25, 0.3) is 5.91 Å². The summed E-state index contributed by atoms with van der Waals surface area (Å²) in [6.45, 7) is 9.94. The molecule has 1 aliphatic heterocycles. The molecule has 9 nitrogen and oxygen atoms in total. The van der Waals surface area contributed by atoms with E-state index in [1.807, 2.05) is 13.8 Å². The Morgan fingerprint density at radius 2 is 1.96 bits per heavy atom. The zero-order valence-corrected chi connectivity index (χ0v) is 17.8. The molecule has 1 aromatic rings. The summed E-state index contributed by atoms with van der Waals surface area (Å²) in [6.07, 6.45) is 0.699. The highest BCUT2D eigenvalue weighted by Gasteiger charge is 2.38. The van der Waals surface area contributed by atoms with Crippen LogP contribution in [0.15, 0.2) is 10.9 Å². The van der Waals surface area contributed by atoms with Crippen molar-refractivity contribution in [2.45, 2.75) is 59.1 Å². The number of hydrazine groups is 1. The molecule has 0 aliphatic carbocycles. The van der Waals surface area contributed by atoms with Crippen molar-refractivity contribution in [3.8, 4) is 0 Å². The lowest BCUT2D eigenvalue weighted by Gasteiger charge is -2.33. The molecule has 0 spiro atoms. The fourth-order valence-corrected chi connectivity index (χ4v) is 3.26. The van der Waals surface area contributed by atoms with Gasteiger partial charge in [-0.05, 0) is 33.1 Å². The van der Waals surface area contributed by atoms with Crippen LogP contribution in [0.25, 0.3) is 0 Å². The first-order chi connectivity index (χ1) is 13.1. The maximum Gasteiger partial charge on any atom is 0.408 e. The van der Waals surface area contributed by atoms with E-state index in [1.165, 1.54) is 21.4 Å². The van der Waals surface area contributed by atoms with Crippen LogP contribution in [0.3, 0.4) is 0 Å². The Morgan fingerprint density at radius 3 is 2.54 bits per heavy atom. The van der Waals surface area contributed by atoms with Gasteiger partial charge in [-0.1, -0.05) is 20.3 Å². The molecule has 1 saturated heterocycles. The molecule has 2 rings (SSSR count). The van der Waals surface area contributed by atoms with E-state index >= 15 is 0 Å². The summed E-state index contributed by atoms with van der Waals surface area (Å²) in [5, 5.41) is 9.85. The number of thiazole rings is 1. The van der Waals surface area contributed by atoms with Crippen molar-refractivity contribution in [3.05, 3.63) is 10.9 Å². The minimum Gasteiger partial charge on any atom is -0.444 e. The molecule has 1 aromatic heterocycles. The lowest BCUT2D eigenvalue weighted by atomic mass is 9.98. The van der Waals surface area contributed by atoms with Crippen LogP contribution < -0.4 is 10.6 Å². The van der Waals surface area contributed by atoms with Gasteiger partial charge in [0.05, 0.1) is 5.51 Å². The van der Waals surface area contributed by atoms with Gasteiger partial charge in [0.2, 0.25) is 0 Å². The van der Waals surface area contributed by atoms with Gasteiger partial charge in [0.1, 0.15) is 17.5 Å². The Bertz CT molecular complexity index is 689. The summed E-state index contributed by atoms with van der Waals surface area (Å²) in [5.74, 6) is -0.00476. The molecule has 1 aliphatic rings. The number of hydrogen-bond donors (Lipinski definition) is 2. The SMILES string of the molecule is CC[C@H](C)[C@H](NC(=O)OC(C)(C)C)C(=O)N1CCCN1C(=O)Nc1cscn1. The van der Waals surface area contributed by atoms with Crippen LogP contribution in [-0.2, 0) is 9.53 Å². The highest BCUT2D eigenvalue weighted by molar-refractivity contribution is 7.07. The maximum atomic E-state index is 13.2. The van der Waals surface area contributed by atoms with E-state index in [1.54, 1.807) is 31.7 Å². The monoisotopic (exact) mass is 411 g/mol. The number of urea groups is 1. The molecule has 2 atom stereocenters. The van der Waals surface area contributed by atoms with Crippen molar-refractivity contribution in [1.29, 1.82) is 0 Å². The second-order valence-corrected chi connectivity index (χ2v) is 8.47. The topological polar surface area (TPSA) is 104 Å². The summed E-state index contributed by atoms with van der Waals surface area (Å²) in [6, 6.07) is -1.20. The number of rotatable bonds is 5. The summed E-state index contributed by atoms with van der Waals surface area (Å²) in [4.78, 5) is 42.0. The van der Waals surface area contributed by atoms with Gasteiger partial charge in [0, 0.05) is 18.5 Å². The summed E-state index contributed by atoms with van der Waals surface area (Å²) in [5.41, 5.74) is 0.951. The van der Waals surface area contributed by atoms with E-state index in [-0.39, 0.29) is 11.8 Å². The van der Waals surface area contributed by atoms with Gasteiger partial charge in [-0.3, -0.25) is 10.1 Å². The van der Waals surface area contributed by atoms with E-state index < -0.39 is 23.8 Å². The minimum atomic E-state index is -0.785. The van der Waals surface area contributed by atoms with Crippen molar-refractivity contribution in [2.75, 3.05) is 18.4 Å². The van der Waals surface area contributed by atoms with Crippen molar-refractivity contribution in [3.63, 3.8) is 0 Å². The van der Waals surface area contributed by atoms with Gasteiger partial charge in [-0.25, -0.2) is 24.6 Å². The van der Waals surface area contributed by atoms with E-state index in [2.05, 4.69) is 15.6 Å². The first-order valence-electron chi connectivity index (χ1n) is 9.40. The Hall–Kier alpha value is -2.36. The van der Waals surface area contributed by atoms with Crippen molar-refractivity contribution < 1.29 is 19.1 Å². The number of alkyl carbamates (subject to hydrolysis) is 1. The molecule has 10 heteroatoms. The number of hydrogen-bond acceptors (Lipinski definition) is 6. The Labute approximate surface area is 169 Å². The molecule has 28 heavy (non-hydrogen) atoms. The van der Waals surface area contributed by atoms with E-state index in [9.17, 15) is 14.4 Å². The van der Waals surface area contributed by atoms with Crippen LogP contribution in [0.4, 0.5) is 15.4 Å². The van der Waals surface area contributed by atoms with Crippen molar-refractivity contribution >= 4 is 35.2 Å².